The van der Waals surface area contributed by atoms with Crippen molar-refractivity contribution in [2.75, 3.05) is 16.8 Å². The van der Waals surface area contributed by atoms with Gasteiger partial charge in [0.2, 0.25) is 11.8 Å². The minimum absolute atomic E-state index is 0.131. The lowest BCUT2D eigenvalue weighted by molar-refractivity contribution is 0.232. The van der Waals surface area contributed by atoms with Gasteiger partial charge in [-0.1, -0.05) is 22.9 Å². The van der Waals surface area contributed by atoms with Crippen LogP contribution in [0.5, 0.6) is 5.88 Å². The average molecular weight is 328 g/mol. The third-order valence-corrected chi connectivity index (χ3v) is 4.14. The zero-order valence-corrected chi connectivity index (χ0v) is 13.6. The molecule has 2 heterocycles. The fraction of sp³-hybridized carbons (Fsp3) is 0.714. The lowest BCUT2D eigenvalue weighted by Gasteiger charge is -2.25. The molecule has 19 heavy (non-hydrogen) atoms. The van der Waals surface area contributed by atoms with Crippen LogP contribution in [0.1, 0.15) is 32.9 Å². The summed E-state index contributed by atoms with van der Waals surface area (Å²) in [7, 11) is 0. The largest absolute Gasteiger partial charge is 0.475 e. The molecule has 1 aromatic rings. The molecule has 0 spiro atoms. The van der Waals surface area contributed by atoms with Crippen molar-refractivity contribution in [1.82, 2.24) is 9.97 Å². The van der Waals surface area contributed by atoms with Crippen LogP contribution in [-0.4, -0.2) is 34.0 Å². The molecule has 0 N–H and O–H groups in total. The van der Waals surface area contributed by atoms with E-state index < -0.39 is 0 Å². The van der Waals surface area contributed by atoms with Crippen molar-refractivity contribution in [3.05, 3.63) is 11.8 Å². The maximum absolute atomic E-state index is 5.70. The summed E-state index contributed by atoms with van der Waals surface area (Å²) in [5.74, 6) is 2.13. The fourth-order valence-corrected chi connectivity index (χ4v) is 3.43. The van der Waals surface area contributed by atoms with Crippen LogP contribution in [0, 0.1) is 12.8 Å². The number of nitrogens with zero attached hydrogens (tertiary/aromatic N) is 3. The van der Waals surface area contributed by atoms with Gasteiger partial charge in [0.15, 0.2) is 0 Å². The molecule has 106 valence electrons. The Bertz CT molecular complexity index is 439. The summed E-state index contributed by atoms with van der Waals surface area (Å²) in [6.07, 6.45) is 1.32. The highest BCUT2D eigenvalue weighted by atomic mass is 79.9. The van der Waals surface area contributed by atoms with Crippen LogP contribution in [0.15, 0.2) is 6.07 Å². The van der Waals surface area contributed by atoms with Crippen molar-refractivity contribution < 1.29 is 4.74 Å². The summed E-state index contributed by atoms with van der Waals surface area (Å²) >= 11 is 3.60. The Kier molecular flexibility index (Phi) is 4.66. The first-order valence-electron chi connectivity index (χ1n) is 6.86. The van der Waals surface area contributed by atoms with E-state index in [-0.39, 0.29) is 6.10 Å². The van der Waals surface area contributed by atoms with Crippen LogP contribution in [-0.2, 0) is 0 Å². The summed E-state index contributed by atoms with van der Waals surface area (Å²) in [6.45, 7) is 9.31. The molecule has 0 bridgehead atoms. The number of halogens is 1. The molecule has 1 aromatic heterocycles. The molecular formula is C14H22BrN3O. The van der Waals surface area contributed by atoms with E-state index >= 15 is 0 Å². The maximum atomic E-state index is 5.70. The van der Waals surface area contributed by atoms with Gasteiger partial charge >= 0.3 is 0 Å². The number of rotatable bonds is 4. The van der Waals surface area contributed by atoms with Gasteiger partial charge in [0, 0.05) is 29.7 Å². The van der Waals surface area contributed by atoms with Gasteiger partial charge in [-0.2, -0.15) is 4.98 Å². The molecule has 0 aliphatic carbocycles. The quantitative estimate of drug-likeness (QED) is 0.796. The van der Waals surface area contributed by atoms with E-state index in [1.807, 2.05) is 26.8 Å². The predicted octanol–water partition coefficient (Wildman–Crippen LogP) is 3.18. The minimum Gasteiger partial charge on any atom is -0.475 e. The van der Waals surface area contributed by atoms with Gasteiger partial charge in [-0.05, 0) is 33.1 Å². The highest BCUT2D eigenvalue weighted by molar-refractivity contribution is 9.09. The molecule has 0 amide bonds. The van der Waals surface area contributed by atoms with Crippen LogP contribution >= 0.6 is 15.9 Å². The second-order valence-electron chi connectivity index (χ2n) is 5.50. The molecule has 1 aliphatic rings. The van der Waals surface area contributed by atoms with Gasteiger partial charge in [0.25, 0.3) is 0 Å². The van der Waals surface area contributed by atoms with Gasteiger partial charge in [0.1, 0.15) is 0 Å². The Morgan fingerprint density at radius 2 is 2.21 bits per heavy atom. The van der Waals surface area contributed by atoms with Crippen molar-refractivity contribution in [2.45, 2.75) is 46.3 Å². The number of aromatic nitrogens is 2. The summed E-state index contributed by atoms with van der Waals surface area (Å²) in [6, 6.07) is 2.36. The van der Waals surface area contributed by atoms with Gasteiger partial charge in [-0.3, -0.25) is 0 Å². The molecular weight excluding hydrogens is 306 g/mol. The van der Waals surface area contributed by atoms with E-state index in [0.29, 0.717) is 17.8 Å². The molecule has 0 radical (unpaired) electrons. The van der Waals surface area contributed by atoms with Gasteiger partial charge in [0.05, 0.1) is 6.10 Å². The molecule has 0 aromatic carbocycles. The van der Waals surface area contributed by atoms with E-state index in [9.17, 15) is 0 Å². The summed E-state index contributed by atoms with van der Waals surface area (Å²) in [5.41, 5.74) is 0.952. The second kappa shape index (κ2) is 6.07. The molecule has 2 unspecified atom stereocenters. The molecule has 0 saturated carbocycles. The van der Waals surface area contributed by atoms with Crippen molar-refractivity contribution in [3.63, 3.8) is 0 Å². The van der Waals surface area contributed by atoms with Gasteiger partial charge in [-0.15, -0.1) is 0 Å². The lowest BCUT2D eigenvalue weighted by atomic mass is 10.1. The number of anilines is 1. The van der Waals surface area contributed by atoms with Crippen molar-refractivity contribution in [1.29, 1.82) is 0 Å². The molecule has 1 saturated heterocycles. The number of hydrogen-bond donors (Lipinski definition) is 0. The summed E-state index contributed by atoms with van der Waals surface area (Å²) in [4.78, 5) is 11.4. The SMILES string of the molecule is Cc1cc(OC(C)C)nc(N2CCC(C)C2CBr)n1. The maximum Gasteiger partial charge on any atom is 0.229 e. The monoisotopic (exact) mass is 327 g/mol. The van der Waals surface area contributed by atoms with Crippen molar-refractivity contribution in [3.8, 4) is 5.88 Å². The van der Waals surface area contributed by atoms with Crippen LogP contribution in [0.3, 0.4) is 0 Å². The number of alkyl halides is 1. The highest BCUT2D eigenvalue weighted by Crippen LogP contribution is 2.29. The number of ether oxygens (including phenoxy) is 1. The second-order valence-corrected chi connectivity index (χ2v) is 6.14. The van der Waals surface area contributed by atoms with Gasteiger partial charge in [-0.25, -0.2) is 4.98 Å². The fourth-order valence-electron chi connectivity index (χ4n) is 2.45. The Labute approximate surface area is 123 Å². The summed E-state index contributed by atoms with van der Waals surface area (Å²) < 4.78 is 5.70. The molecule has 2 rings (SSSR count). The first-order chi connectivity index (χ1) is 9.01. The Hall–Kier alpha value is -0.840. The van der Waals surface area contributed by atoms with Crippen molar-refractivity contribution >= 4 is 21.9 Å². The van der Waals surface area contributed by atoms with Crippen LogP contribution in [0.2, 0.25) is 0 Å². The normalized spacial score (nSPS) is 23.2. The van der Waals surface area contributed by atoms with E-state index in [0.717, 1.165) is 23.5 Å². The molecule has 5 heteroatoms. The summed E-state index contributed by atoms with van der Waals surface area (Å²) in [5, 5.41) is 0.950. The molecule has 1 aliphatic heterocycles. The standard InChI is InChI=1S/C14H22BrN3O/c1-9(2)19-13-7-11(4)16-14(17-13)18-6-5-10(3)12(18)8-15/h7,9-10,12H,5-6,8H2,1-4H3. The highest BCUT2D eigenvalue weighted by Gasteiger charge is 2.32. The predicted molar refractivity (Wildman–Crippen MR) is 81.2 cm³/mol. The first-order valence-corrected chi connectivity index (χ1v) is 7.98. The van der Waals surface area contributed by atoms with E-state index in [1.165, 1.54) is 6.42 Å². The average Bonchev–Trinajstić information content (AvgIpc) is 2.68. The first kappa shape index (κ1) is 14.6. The number of hydrogen-bond acceptors (Lipinski definition) is 4. The zero-order valence-electron chi connectivity index (χ0n) is 12.1. The molecule has 2 atom stereocenters. The minimum atomic E-state index is 0.131. The van der Waals surface area contributed by atoms with Crippen LogP contribution < -0.4 is 9.64 Å². The van der Waals surface area contributed by atoms with Crippen molar-refractivity contribution in [2.24, 2.45) is 5.92 Å². The number of aryl methyl sites for hydroxylation is 1. The van der Waals surface area contributed by atoms with Gasteiger partial charge < -0.3 is 9.64 Å². The van der Waals surface area contributed by atoms with E-state index in [4.69, 9.17) is 4.74 Å². The smallest absolute Gasteiger partial charge is 0.229 e. The van der Waals surface area contributed by atoms with E-state index in [1.54, 1.807) is 0 Å². The topological polar surface area (TPSA) is 38.2 Å². The third kappa shape index (κ3) is 3.38. The molecule has 4 nitrogen and oxygen atoms in total. The zero-order chi connectivity index (χ0) is 14.0. The third-order valence-electron chi connectivity index (χ3n) is 3.47. The Balaban J connectivity index is 2.26. The van der Waals surface area contributed by atoms with Crippen LogP contribution in [0.4, 0.5) is 5.95 Å². The Morgan fingerprint density at radius 3 is 2.84 bits per heavy atom. The molecule has 1 fully saturated rings. The Morgan fingerprint density at radius 1 is 1.47 bits per heavy atom. The van der Waals surface area contributed by atoms with E-state index in [2.05, 4.69) is 37.7 Å². The van der Waals surface area contributed by atoms with Crippen LogP contribution in [0.25, 0.3) is 0 Å². The lowest BCUT2D eigenvalue weighted by Crippen LogP contribution is -2.35.